The summed E-state index contributed by atoms with van der Waals surface area (Å²) in [7, 11) is 0. The smallest absolute Gasteiger partial charge is 0.419 e. The summed E-state index contributed by atoms with van der Waals surface area (Å²) in [5.41, 5.74) is -7.52. The Labute approximate surface area is 173 Å². The highest BCUT2D eigenvalue weighted by molar-refractivity contribution is 5.91. The van der Waals surface area contributed by atoms with E-state index < -0.39 is 77.2 Å². The number of rotatable bonds is 6. The zero-order valence-corrected chi connectivity index (χ0v) is 15.9. The fourth-order valence-electron chi connectivity index (χ4n) is 3.03. The Bertz CT molecular complexity index is 959. The average Bonchev–Trinajstić information content (AvgIpc) is 2.96. The second-order valence-corrected chi connectivity index (χ2v) is 6.77. The molecule has 0 fully saturated rings. The van der Waals surface area contributed by atoms with Gasteiger partial charge in [-0.25, -0.2) is 4.79 Å². The van der Waals surface area contributed by atoms with Gasteiger partial charge in [0, 0.05) is 24.5 Å². The Morgan fingerprint density at radius 2 is 1.47 bits per heavy atom. The Morgan fingerprint density at radius 3 is 1.88 bits per heavy atom. The lowest BCUT2D eigenvalue weighted by atomic mass is 10.0. The summed E-state index contributed by atoms with van der Waals surface area (Å²) in [5.74, 6) is -1.85. The van der Waals surface area contributed by atoms with Crippen molar-refractivity contribution in [3.63, 3.8) is 0 Å². The van der Waals surface area contributed by atoms with Crippen molar-refractivity contribution in [2.24, 2.45) is 0 Å². The lowest BCUT2D eigenvalue weighted by molar-refractivity contribution is -0.143. The molecule has 0 amide bonds. The Kier molecular flexibility index (Phi) is 6.90. The number of aliphatic hydroxyl groups excluding tert-OH is 1. The fraction of sp³-hybridized carbons (Fsp3) is 0.389. The first kappa shape index (κ1) is 25.5. The zero-order valence-electron chi connectivity index (χ0n) is 15.9. The number of aromatic amines is 1. The molecule has 0 aliphatic heterocycles. The Hall–Kier alpha value is -2.74. The van der Waals surface area contributed by atoms with Gasteiger partial charge in [-0.1, -0.05) is 0 Å². The number of carboxylic acids is 1. The van der Waals surface area contributed by atoms with E-state index in [0.29, 0.717) is 12.1 Å². The molecule has 32 heavy (non-hydrogen) atoms. The first-order valence-electron chi connectivity index (χ1n) is 8.63. The van der Waals surface area contributed by atoms with Crippen LogP contribution in [0.25, 0.3) is 0 Å². The number of aliphatic hydroxyl groups is 1. The van der Waals surface area contributed by atoms with E-state index in [9.17, 15) is 49.4 Å². The number of carbonyl (C=O) groups is 1. The van der Waals surface area contributed by atoms with Crippen molar-refractivity contribution in [2.75, 3.05) is 6.54 Å². The summed E-state index contributed by atoms with van der Waals surface area (Å²) in [4.78, 5) is 13.4. The Morgan fingerprint density at radius 1 is 0.969 bits per heavy atom. The molecule has 2 aromatic rings. The van der Waals surface area contributed by atoms with Crippen LogP contribution in [0.15, 0.2) is 18.2 Å². The predicted octanol–water partition coefficient (Wildman–Crippen LogP) is 4.90. The van der Waals surface area contributed by atoms with Gasteiger partial charge >= 0.3 is 24.5 Å². The van der Waals surface area contributed by atoms with Crippen LogP contribution in [0, 0.1) is 6.92 Å². The van der Waals surface area contributed by atoms with E-state index in [1.165, 1.54) is 0 Å². The van der Waals surface area contributed by atoms with Gasteiger partial charge in [-0.3, -0.25) is 0 Å². The van der Waals surface area contributed by atoms with E-state index in [2.05, 4.69) is 10.3 Å². The molecule has 2 rings (SSSR count). The van der Waals surface area contributed by atoms with Crippen LogP contribution in [0.4, 0.5) is 39.5 Å². The maximum Gasteiger partial charge on any atom is 0.419 e. The highest BCUT2D eigenvalue weighted by atomic mass is 19.4. The van der Waals surface area contributed by atoms with Gasteiger partial charge in [0.15, 0.2) is 0 Å². The Balaban J connectivity index is 2.27. The molecule has 5 nitrogen and oxygen atoms in total. The first-order valence-corrected chi connectivity index (χ1v) is 8.63. The molecule has 178 valence electrons. The highest BCUT2D eigenvalue weighted by Crippen LogP contribution is 2.38. The van der Waals surface area contributed by atoms with Gasteiger partial charge < -0.3 is 20.5 Å². The van der Waals surface area contributed by atoms with Crippen molar-refractivity contribution < 1.29 is 54.5 Å². The maximum atomic E-state index is 13.3. The monoisotopic (exact) mass is 478 g/mol. The van der Waals surface area contributed by atoms with E-state index >= 15 is 0 Å². The van der Waals surface area contributed by atoms with Crippen molar-refractivity contribution in [1.82, 2.24) is 10.3 Å². The molecule has 4 N–H and O–H groups in total. The van der Waals surface area contributed by atoms with Crippen LogP contribution >= 0.6 is 0 Å². The molecule has 1 aromatic carbocycles. The van der Waals surface area contributed by atoms with Crippen molar-refractivity contribution in [2.45, 2.75) is 38.1 Å². The van der Waals surface area contributed by atoms with Crippen molar-refractivity contribution in [1.29, 1.82) is 0 Å². The lowest BCUT2D eigenvalue weighted by Gasteiger charge is -2.18. The number of aromatic nitrogens is 1. The van der Waals surface area contributed by atoms with Gasteiger partial charge in [-0.15, -0.1) is 0 Å². The summed E-state index contributed by atoms with van der Waals surface area (Å²) in [6.45, 7) is -0.347. The van der Waals surface area contributed by atoms with Crippen molar-refractivity contribution in [3.8, 4) is 0 Å². The molecular weight excluding hydrogens is 463 g/mol. The van der Waals surface area contributed by atoms with Crippen LogP contribution in [-0.4, -0.2) is 27.7 Å². The number of aryl methyl sites for hydroxylation is 1. The molecule has 1 unspecified atom stereocenters. The zero-order chi connectivity index (χ0) is 24.6. The molecule has 0 saturated heterocycles. The van der Waals surface area contributed by atoms with Gasteiger partial charge in [0.05, 0.1) is 28.4 Å². The molecule has 0 spiro atoms. The molecule has 1 heterocycles. The standard InChI is InChI=1S/C18H15F9N2O3/c1-7-13(15(31)32)14(18(25,26)27)11(29-7)5-28-6-12(30)8-2-9(16(19,20)21)4-10(3-8)17(22,23)24/h2-4,12,28-30H,5-6H2,1H3,(H,31,32). The highest BCUT2D eigenvalue weighted by Gasteiger charge is 2.41. The number of hydrogen-bond acceptors (Lipinski definition) is 3. The van der Waals surface area contributed by atoms with Crippen LogP contribution in [0.3, 0.4) is 0 Å². The number of alkyl halides is 9. The first-order chi connectivity index (χ1) is 14.4. The molecule has 1 atom stereocenters. The minimum atomic E-state index is -5.14. The molecule has 0 radical (unpaired) electrons. The van der Waals surface area contributed by atoms with Crippen LogP contribution in [0.1, 0.15) is 50.1 Å². The van der Waals surface area contributed by atoms with Crippen molar-refractivity contribution in [3.05, 3.63) is 57.4 Å². The molecule has 14 heteroatoms. The third-order valence-electron chi connectivity index (χ3n) is 4.40. The summed E-state index contributed by atoms with van der Waals surface area (Å²) in [6, 6.07) is 0.461. The molecule has 0 aliphatic carbocycles. The molecule has 1 aromatic heterocycles. The lowest BCUT2D eigenvalue weighted by Crippen LogP contribution is -2.24. The van der Waals surface area contributed by atoms with Crippen LogP contribution in [-0.2, 0) is 25.1 Å². The molecule has 0 saturated carbocycles. The number of aromatic carboxylic acids is 1. The van der Waals surface area contributed by atoms with Crippen LogP contribution in [0.2, 0.25) is 0 Å². The quantitative estimate of drug-likeness (QED) is 0.445. The number of nitrogens with one attached hydrogen (secondary N) is 2. The predicted molar refractivity (Wildman–Crippen MR) is 90.6 cm³/mol. The molecule has 0 aliphatic rings. The molecule has 0 bridgehead atoms. The van der Waals surface area contributed by atoms with Crippen molar-refractivity contribution >= 4 is 5.97 Å². The second kappa shape index (κ2) is 8.65. The van der Waals surface area contributed by atoms with Gasteiger partial charge in [0.2, 0.25) is 0 Å². The minimum Gasteiger partial charge on any atom is -0.478 e. The molecular formula is C18H15F9N2O3. The van der Waals surface area contributed by atoms with Crippen LogP contribution < -0.4 is 5.32 Å². The minimum absolute atomic E-state index is 0.131. The summed E-state index contributed by atoms with van der Waals surface area (Å²) in [5, 5.41) is 21.3. The van der Waals surface area contributed by atoms with E-state index in [1.54, 1.807) is 0 Å². The largest absolute Gasteiger partial charge is 0.478 e. The van der Waals surface area contributed by atoms with Gasteiger partial charge in [-0.2, -0.15) is 39.5 Å². The van der Waals surface area contributed by atoms with E-state index in [-0.39, 0.29) is 11.8 Å². The maximum absolute atomic E-state index is 13.3. The van der Waals surface area contributed by atoms with E-state index in [0.717, 1.165) is 6.92 Å². The number of hydrogen-bond donors (Lipinski definition) is 4. The normalized spacial score (nSPS) is 14.0. The summed E-state index contributed by atoms with van der Waals surface area (Å²) < 4.78 is 117. The van der Waals surface area contributed by atoms with Gasteiger partial charge in [0.1, 0.15) is 0 Å². The van der Waals surface area contributed by atoms with Crippen LogP contribution in [0.5, 0.6) is 0 Å². The number of benzene rings is 1. The van der Waals surface area contributed by atoms with E-state index in [1.807, 2.05) is 0 Å². The summed E-state index contributed by atoms with van der Waals surface area (Å²) >= 11 is 0. The van der Waals surface area contributed by atoms with E-state index in [4.69, 9.17) is 5.11 Å². The van der Waals surface area contributed by atoms with Gasteiger partial charge in [0.25, 0.3) is 0 Å². The fourth-order valence-corrected chi connectivity index (χ4v) is 3.03. The third kappa shape index (κ3) is 5.73. The SMILES string of the molecule is Cc1[nH]c(CNCC(O)c2cc(C(F)(F)F)cc(C(F)(F)F)c2)c(C(F)(F)F)c1C(=O)O. The third-order valence-corrected chi connectivity index (χ3v) is 4.40. The van der Waals surface area contributed by atoms with Gasteiger partial charge in [-0.05, 0) is 30.7 Å². The topological polar surface area (TPSA) is 85.4 Å². The number of halogens is 9. The number of H-pyrrole nitrogens is 1. The number of carboxylic acid groups (broad SMARTS) is 1. The average molecular weight is 478 g/mol. The summed E-state index contributed by atoms with van der Waals surface area (Å²) in [6.07, 6.45) is -17.3. The second-order valence-electron chi connectivity index (χ2n) is 6.77.